The molecule has 0 aliphatic heterocycles. The smallest absolute Gasteiger partial charge is 0.330 e. The minimum absolute atomic E-state index is 0.124. The summed E-state index contributed by atoms with van der Waals surface area (Å²) in [6, 6.07) is 0. The molecule has 0 fully saturated rings. The van der Waals surface area contributed by atoms with Crippen molar-refractivity contribution in [2.45, 2.75) is 6.92 Å². The lowest BCUT2D eigenvalue weighted by molar-refractivity contribution is -0.132. The Labute approximate surface area is 92.7 Å². The third-order valence-corrected chi connectivity index (χ3v) is 1.75. The van der Waals surface area contributed by atoms with Gasteiger partial charge in [-0.1, -0.05) is 6.08 Å². The molecule has 0 aliphatic rings. The van der Waals surface area contributed by atoms with Crippen molar-refractivity contribution in [2.75, 3.05) is 19.6 Å². The van der Waals surface area contributed by atoms with Gasteiger partial charge in [-0.05, 0) is 6.92 Å². The van der Waals surface area contributed by atoms with Crippen LogP contribution in [0.15, 0.2) is 11.6 Å². The van der Waals surface area contributed by atoms with E-state index in [1.165, 1.54) is 17.9 Å². The summed E-state index contributed by atoms with van der Waals surface area (Å²) >= 11 is 0. The lowest BCUT2D eigenvalue weighted by atomic mass is 10.2. The summed E-state index contributed by atoms with van der Waals surface area (Å²) in [6.07, 6.45) is 1.38. The number of carboxylic acid groups (broad SMARTS) is 1. The first-order chi connectivity index (χ1) is 7.32. The zero-order chi connectivity index (χ0) is 12.7. The first-order valence-electron chi connectivity index (χ1n) is 4.52. The van der Waals surface area contributed by atoms with Gasteiger partial charge in [0.1, 0.15) is 0 Å². The number of nitrogens with zero attached hydrogens (tertiary/aromatic N) is 1. The van der Waals surface area contributed by atoms with Crippen LogP contribution in [0.3, 0.4) is 0 Å². The van der Waals surface area contributed by atoms with Crippen LogP contribution in [-0.4, -0.2) is 47.4 Å². The van der Waals surface area contributed by atoms with Crippen molar-refractivity contribution < 1.29 is 19.5 Å². The molecule has 7 nitrogen and oxygen atoms in total. The van der Waals surface area contributed by atoms with E-state index in [0.717, 1.165) is 0 Å². The monoisotopic (exact) mass is 229 g/mol. The van der Waals surface area contributed by atoms with Gasteiger partial charge in [0.2, 0.25) is 11.8 Å². The molecular weight excluding hydrogens is 214 g/mol. The molecule has 0 spiro atoms. The Bertz CT molecular complexity index is 309. The fourth-order valence-corrected chi connectivity index (χ4v) is 0.979. The Morgan fingerprint density at radius 1 is 1.19 bits per heavy atom. The number of primary amides is 2. The summed E-state index contributed by atoms with van der Waals surface area (Å²) in [7, 11) is 0. The third-order valence-electron chi connectivity index (χ3n) is 1.75. The average molecular weight is 229 g/mol. The molecule has 0 unspecified atom stereocenters. The Kier molecular flexibility index (Phi) is 5.79. The van der Waals surface area contributed by atoms with Crippen LogP contribution >= 0.6 is 0 Å². The Morgan fingerprint density at radius 3 is 1.94 bits per heavy atom. The van der Waals surface area contributed by atoms with Gasteiger partial charge in [0.15, 0.2) is 0 Å². The Morgan fingerprint density at radius 2 is 1.62 bits per heavy atom. The molecule has 0 atom stereocenters. The molecule has 0 aromatic rings. The van der Waals surface area contributed by atoms with E-state index in [2.05, 4.69) is 0 Å². The van der Waals surface area contributed by atoms with E-state index in [-0.39, 0.29) is 25.2 Å². The molecule has 2 amide bonds. The third kappa shape index (κ3) is 6.55. The van der Waals surface area contributed by atoms with Gasteiger partial charge in [0, 0.05) is 12.1 Å². The first kappa shape index (κ1) is 14.1. The normalized spacial score (nSPS) is 11.5. The molecule has 7 heteroatoms. The van der Waals surface area contributed by atoms with Crippen LogP contribution in [0.5, 0.6) is 0 Å². The topological polar surface area (TPSA) is 127 Å². The summed E-state index contributed by atoms with van der Waals surface area (Å²) < 4.78 is 0. The fourth-order valence-electron chi connectivity index (χ4n) is 0.979. The number of nitrogens with two attached hydrogens (primary N) is 2. The number of aliphatic carboxylic acids is 1. The van der Waals surface area contributed by atoms with Crippen molar-refractivity contribution in [1.29, 1.82) is 0 Å². The van der Waals surface area contributed by atoms with Crippen molar-refractivity contribution in [3.05, 3.63) is 11.6 Å². The van der Waals surface area contributed by atoms with Gasteiger partial charge in [-0.2, -0.15) is 0 Å². The molecule has 5 N–H and O–H groups in total. The second-order valence-corrected chi connectivity index (χ2v) is 3.29. The Hall–Kier alpha value is -1.89. The van der Waals surface area contributed by atoms with Crippen LogP contribution in [0.1, 0.15) is 6.92 Å². The van der Waals surface area contributed by atoms with Gasteiger partial charge < -0.3 is 16.6 Å². The maximum Gasteiger partial charge on any atom is 0.330 e. The highest BCUT2D eigenvalue weighted by molar-refractivity contribution is 5.85. The lowest BCUT2D eigenvalue weighted by Crippen LogP contribution is -2.39. The molecule has 16 heavy (non-hydrogen) atoms. The minimum atomic E-state index is -1.06. The SMILES string of the molecule is CC(=CCN(CC(N)=O)CC(N)=O)C(=O)O. The van der Waals surface area contributed by atoms with Crippen molar-refractivity contribution in [3.63, 3.8) is 0 Å². The fraction of sp³-hybridized carbons (Fsp3) is 0.444. The zero-order valence-electron chi connectivity index (χ0n) is 8.97. The number of hydrogen-bond acceptors (Lipinski definition) is 4. The van der Waals surface area contributed by atoms with Crippen LogP contribution in [0, 0.1) is 0 Å². The quantitative estimate of drug-likeness (QED) is 0.448. The number of carbonyl (C=O) groups excluding carboxylic acids is 2. The first-order valence-corrected chi connectivity index (χ1v) is 4.52. The van der Waals surface area contributed by atoms with Crippen LogP contribution in [0.4, 0.5) is 0 Å². The molecule has 0 aromatic carbocycles. The van der Waals surface area contributed by atoms with Crippen molar-refractivity contribution >= 4 is 17.8 Å². The van der Waals surface area contributed by atoms with Crippen molar-refractivity contribution in [3.8, 4) is 0 Å². The molecule has 0 saturated carbocycles. The number of amides is 2. The number of rotatable bonds is 7. The largest absolute Gasteiger partial charge is 0.478 e. The highest BCUT2D eigenvalue weighted by Gasteiger charge is 2.10. The standard InChI is InChI=1S/C9H15N3O4/c1-6(9(15)16)2-3-12(4-7(10)13)5-8(11)14/h2H,3-5H2,1H3,(H2,10,13)(H2,11,14)(H,15,16). The predicted octanol–water partition coefficient (Wildman–Crippen LogP) is -1.71. The molecule has 0 rings (SSSR count). The second-order valence-electron chi connectivity index (χ2n) is 3.29. The summed E-state index contributed by atoms with van der Waals surface area (Å²) in [6.45, 7) is 1.25. The average Bonchev–Trinajstić information content (AvgIpc) is 2.11. The van der Waals surface area contributed by atoms with E-state index in [4.69, 9.17) is 16.6 Å². The second kappa shape index (κ2) is 6.57. The predicted molar refractivity (Wildman–Crippen MR) is 56.2 cm³/mol. The molecule has 0 heterocycles. The molecular formula is C9H15N3O4. The van der Waals surface area contributed by atoms with E-state index in [0.29, 0.717) is 0 Å². The highest BCUT2D eigenvalue weighted by atomic mass is 16.4. The molecule has 0 aromatic heterocycles. The van der Waals surface area contributed by atoms with E-state index >= 15 is 0 Å². The zero-order valence-corrected chi connectivity index (χ0v) is 8.97. The summed E-state index contributed by atoms with van der Waals surface area (Å²) in [4.78, 5) is 33.2. The maximum atomic E-state index is 10.7. The van der Waals surface area contributed by atoms with E-state index in [1.807, 2.05) is 0 Å². The molecule has 0 bridgehead atoms. The van der Waals surface area contributed by atoms with Crippen LogP contribution in [0.25, 0.3) is 0 Å². The van der Waals surface area contributed by atoms with Gasteiger partial charge in [-0.15, -0.1) is 0 Å². The van der Waals surface area contributed by atoms with Gasteiger partial charge in [-0.3, -0.25) is 14.5 Å². The highest BCUT2D eigenvalue weighted by Crippen LogP contribution is 1.95. The number of carbonyl (C=O) groups is 3. The van der Waals surface area contributed by atoms with Gasteiger partial charge in [0.25, 0.3) is 0 Å². The van der Waals surface area contributed by atoms with E-state index in [9.17, 15) is 14.4 Å². The van der Waals surface area contributed by atoms with Gasteiger partial charge in [-0.25, -0.2) is 4.79 Å². The molecule has 0 saturated heterocycles. The summed E-state index contributed by atoms with van der Waals surface area (Å²) in [5, 5.41) is 8.59. The van der Waals surface area contributed by atoms with Crippen LogP contribution < -0.4 is 11.5 Å². The van der Waals surface area contributed by atoms with E-state index < -0.39 is 17.8 Å². The molecule has 0 aliphatic carbocycles. The maximum absolute atomic E-state index is 10.7. The molecule has 0 radical (unpaired) electrons. The lowest BCUT2D eigenvalue weighted by Gasteiger charge is -2.16. The van der Waals surface area contributed by atoms with Crippen LogP contribution in [-0.2, 0) is 14.4 Å². The van der Waals surface area contributed by atoms with Crippen LogP contribution in [0.2, 0.25) is 0 Å². The summed E-state index contributed by atoms with van der Waals surface area (Å²) in [5.41, 5.74) is 10.1. The summed E-state index contributed by atoms with van der Waals surface area (Å²) in [5.74, 6) is -2.27. The van der Waals surface area contributed by atoms with Crippen molar-refractivity contribution in [2.24, 2.45) is 11.5 Å². The van der Waals surface area contributed by atoms with E-state index in [1.54, 1.807) is 0 Å². The molecule has 90 valence electrons. The van der Waals surface area contributed by atoms with Crippen molar-refractivity contribution in [1.82, 2.24) is 4.90 Å². The number of carboxylic acids is 1. The minimum Gasteiger partial charge on any atom is -0.478 e. The van der Waals surface area contributed by atoms with Gasteiger partial charge in [0.05, 0.1) is 13.1 Å². The number of hydrogen-bond donors (Lipinski definition) is 3. The van der Waals surface area contributed by atoms with Gasteiger partial charge >= 0.3 is 5.97 Å². The Balaban J connectivity index is 4.42.